The standard InChI is InChI=1S/C33H31F3N4O6S/c1-19-10-31(46-28-5-3-2-4-26(28)34)38-16-27(19)40-33(37)25(15-39-40)32(41)22-11-20-13-23(18-47(42,43)24-6-8-44-9-7-24)29(14-21(20)12-22)45-17-30(35)36/h2-5,10,12-16,24,30H,6-9,11,17-18,37H2,1H3. The predicted octanol–water partition coefficient (Wildman–Crippen LogP) is 5.65. The van der Waals surface area contributed by atoms with Crippen molar-refractivity contribution in [1.29, 1.82) is 0 Å². The first-order valence-electron chi connectivity index (χ1n) is 14.8. The molecule has 2 aliphatic rings. The summed E-state index contributed by atoms with van der Waals surface area (Å²) in [6.45, 7) is 1.53. The number of Topliss-reactive ketones (excluding diaryl/α,β-unsaturated/α-hetero) is 1. The number of hydrogen-bond donors (Lipinski definition) is 1. The van der Waals surface area contributed by atoms with Crippen LogP contribution in [0.25, 0.3) is 11.8 Å². The van der Waals surface area contributed by atoms with Gasteiger partial charge in [0.2, 0.25) is 5.88 Å². The minimum Gasteiger partial charge on any atom is -0.487 e. The molecule has 0 bridgehead atoms. The first kappa shape index (κ1) is 32.3. The lowest BCUT2D eigenvalue weighted by atomic mass is 10.0. The van der Waals surface area contributed by atoms with E-state index in [4.69, 9.17) is 19.9 Å². The lowest BCUT2D eigenvalue weighted by Gasteiger charge is -2.23. The number of halogens is 3. The average molecular weight is 669 g/mol. The van der Waals surface area contributed by atoms with Crippen LogP contribution in [0.15, 0.2) is 60.4 Å². The molecule has 0 unspecified atom stereocenters. The van der Waals surface area contributed by atoms with Gasteiger partial charge in [0.05, 0.1) is 34.6 Å². The summed E-state index contributed by atoms with van der Waals surface area (Å²) < 4.78 is 84.2. The molecule has 2 aromatic carbocycles. The number of para-hydroxylation sites is 1. The van der Waals surface area contributed by atoms with Crippen molar-refractivity contribution in [1.82, 2.24) is 14.8 Å². The lowest BCUT2D eigenvalue weighted by Crippen LogP contribution is -2.30. The molecule has 2 N–H and O–H groups in total. The van der Waals surface area contributed by atoms with Crippen molar-refractivity contribution < 1.29 is 40.6 Å². The number of aromatic nitrogens is 3. The topological polar surface area (TPSA) is 136 Å². The molecule has 4 aromatic rings. The second kappa shape index (κ2) is 13.2. The number of anilines is 1. The van der Waals surface area contributed by atoms with E-state index >= 15 is 0 Å². The van der Waals surface area contributed by atoms with Crippen molar-refractivity contribution in [2.45, 2.75) is 43.6 Å². The fourth-order valence-corrected chi connectivity index (χ4v) is 7.48. The van der Waals surface area contributed by atoms with Gasteiger partial charge >= 0.3 is 0 Å². The van der Waals surface area contributed by atoms with E-state index in [1.165, 1.54) is 35.3 Å². The monoisotopic (exact) mass is 668 g/mol. The van der Waals surface area contributed by atoms with Crippen LogP contribution in [0, 0.1) is 12.7 Å². The number of ether oxygens (including phenoxy) is 3. The number of alkyl halides is 2. The molecule has 1 aliphatic carbocycles. The Kier molecular flexibility index (Phi) is 9.06. The third-order valence-corrected chi connectivity index (χ3v) is 10.3. The summed E-state index contributed by atoms with van der Waals surface area (Å²) in [6, 6.07) is 10.6. The van der Waals surface area contributed by atoms with Crippen LogP contribution in [-0.2, 0) is 26.7 Å². The highest BCUT2D eigenvalue weighted by molar-refractivity contribution is 7.91. The van der Waals surface area contributed by atoms with Gasteiger partial charge in [-0.1, -0.05) is 18.2 Å². The van der Waals surface area contributed by atoms with Gasteiger partial charge in [0, 0.05) is 36.8 Å². The van der Waals surface area contributed by atoms with Gasteiger partial charge in [0.25, 0.3) is 6.43 Å². The molecule has 2 aromatic heterocycles. The molecule has 3 heterocycles. The Morgan fingerprint density at radius 3 is 2.62 bits per heavy atom. The predicted molar refractivity (Wildman–Crippen MR) is 167 cm³/mol. The van der Waals surface area contributed by atoms with E-state index in [2.05, 4.69) is 10.1 Å². The molecule has 47 heavy (non-hydrogen) atoms. The molecule has 0 atom stereocenters. The fourth-order valence-electron chi connectivity index (χ4n) is 5.68. The first-order chi connectivity index (χ1) is 22.5. The first-order valence-corrected chi connectivity index (χ1v) is 16.6. The highest BCUT2D eigenvalue weighted by Gasteiger charge is 2.31. The molecule has 6 rings (SSSR count). The molecule has 1 saturated heterocycles. The van der Waals surface area contributed by atoms with E-state index in [0.29, 0.717) is 54.0 Å². The number of rotatable bonds is 11. The van der Waals surface area contributed by atoms with Gasteiger partial charge in [-0.05, 0) is 60.7 Å². The number of carbonyl (C=O) groups excluding carboxylic acids is 1. The Hall–Kier alpha value is -4.69. The van der Waals surface area contributed by atoms with Crippen molar-refractivity contribution in [3.8, 4) is 23.1 Å². The molecule has 0 amide bonds. The van der Waals surface area contributed by atoms with Crippen LogP contribution in [0.2, 0.25) is 0 Å². The highest BCUT2D eigenvalue weighted by atomic mass is 32.2. The van der Waals surface area contributed by atoms with E-state index in [9.17, 15) is 26.4 Å². The molecule has 0 spiro atoms. The average Bonchev–Trinajstić information content (AvgIpc) is 3.64. The maximum atomic E-state index is 14.0. The number of sulfone groups is 1. The number of nitrogen functional groups attached to an aromatic ring is 1. The third kappa shape index (κ3) is 6.88. The Labute approximate surface area is 268 Å². The zero-order valence-corrected chi connectivity index (χ0v) is 26.1. The van der Waals surface area contributed by atoms with E-state index in [1.54, 1.807) is 37.3 Å². The van der Waals surface area contributed by atoms with Crippen LogP contribution in [0.3, 0.4) is 0 Å². The van der Waals surface area contributed by atoms with Crippen LogP contribution in [0.4, 0.5) is 19.0 Å². The normalized spacial score (nSPS) is 15.0. The fraction of sp³-hybridized carbons (Fsp3) is 0.303. The van der Waals surface area contributed by atoms with E-state index in [-0.39, 0.29) is 46.5 Å². The minimum absolute atomic E-state index is 0.0187. The van der Waals surface area contributed by atoms with Gasteiger partial charge < -0.3 is 19.9 Å². The van der Waals surface area contributed by atoms with Crippen molar-refractivity contribution in [3.05, 3.63) is 94.1 Å². The summed E-state index contributed by atoms with van der Waals surface area (Å²) in [5, 5.41) is 3.71. The van der Waals surface area contributed by atoms with Crippen molar-refractivity contribution >= 4 is 27.5 Å². The quantitative estimate of drug-likeness (QED) is 0.201. The van der Waals surface area contributed by atoms with Crippen molar-refractivity contribution in [3.63, 3.8) is 0 Å². The summed E-state index contributed by atoms with van der Waals surface area (Å²) >= 11 is 0. The lowest BCUT2D eigenvalue weighted by molar-refractivity contribution is 0.0815. The molecular weight excluding hydrogens is 637 g/mol. The Bertz CT molecular complexity index is 1970. The molecule has 14 heteroatoms. The molecule has 1 fully saturated rings. The van der Waals surface area contributed by atoms with Gasteiger partial charge in [-0.15, -0.1) is 0 Å². The number of benzene rings is 2. The number of nitrogens with two attached hydrogens (primary N) is 1. The Morgan fingerprint density at radius 1 is 1.13 bits per heavy atom. The zero-order chi connectivity index (χ0) is 33.3. The van der Waals surface area contributed by atoms with Gasteiger partial charge in [0.15, 0.2) is 27.2 Å². The van der Waals surface area contributed by atoms with E-state index in [1.807, 2.05) is 0 Å². The number of aryl methyl sites for hydroxylation is 1. The highest BCUT2D eigenvalue weighted by Crippen LogP contribution is 2.36. The Balaban J connectivity index is 1.23. The third-order valence-electron chi connectivity index (χ3n) is 8.11. The smallest absolute Gasteiger partial charge is 0.272 e. The maximum Gasteiger partial charge on any atom is 0.272 e. The van der Waals surface area contributed by atoms with Crippen LogP contribution in [0.1, 0.15) is 45.5 Å². The van der Waals surface area contributed by atoms with Crippen molar-refractivity contribution in [2.75, 3.05) is 25.6 Å². The Morgan fingerprint density at radius 2 is 1.89 bits per heavy atom. The number of fused-ring (bicyclic) bond motifs is 1. The molecule has 0 saturated carbocycles. The number of allylic oxidation sites excluding steroid dienone is 1. The summed E-state index contributed by atoms with van der Waals surface area (Å²) in [5.74, 6) is -1.06. The van der Waals surface area contributed by atoms with Crippen LogP contribution < -0.4 is 15.2 Å². The van der Waals surface area contributed by atoms with Crippen LogP contribution >= 0.6 is 0 Å². The number of carbonyl (C=O) groups is 1. The maximum absolute atomic E-state index is 14.0. The summed E-state index contributed by atoms with van der Waals surface area (Å²) in [7, 11) is -3.63. The molecule has 246 valence electrons. The number of pyridine rings is 1. The van der Waals surface area contributed by atoms with Crippen LogP contribution in [0.5, 0.6) is 17.4 Å². The van der Waals surface area contributed by atoms with Gasteiger partial charge in [-0.2, -0.15) is 5.10 Å². The summed E-state index contributed by atoms with van der Waals surface area (Å²) in [5.41, 5.74) is 9.48. The molecule has 1 aliphatic heterocycles. The van der Waals surface area contributed by atoms with Gasteiger partial charge in [0.1, 0.15) is 18.2 Å². The summed E-state index contributed by atoms with van der Waals surface area (Å²) in [4.78, 5) is 17.9. The van der Waals surface area contributed by atoms with Crippen LogP contribution in [-0.4, -0.2) is 60.5 Å². The van der Waals surface area contributed by atoms with Gasteiger partial charge in [-0.3, -0.25) is 4.79 Å². The largest absolute Gasteiger partial charge is 0.487 e. The minimum atomic E-state index is -3.63. The van der Waals surface area contributed by atoms with Crippen molar-refractivity contribution in [2.24, 2.45) is 0 Å². The van der Waals surface area contributed by atoms with E-state index < -0.39 is 39.7 Å². The van der Waals surface area contributed by atoms with E-state index in [0.717, 1.165) is 0 Å². The number of ketones is 1. The molecular formula is C33H31F3N4O6S. The number of nitrogens with zero attached hydrogens (tertiary/aromatic N) is 3. The van der Waals surface area contributed by atoms with Gasteiger partial charge in [-0.25, -0.2) is 31.3 Å². The second-order valence-corrected chi connectivity index (χ2v) is 13.6. The SMILES string of the molecule is Cc1cc(Oc2ccccc2F)ncc1-n1ncc(C(=O)C2=Cc3cc(OCC(F)F)c(CS(=O)(=O)C4CCOCC4)cc3C2)c1N. The zero-order valence-electron chi connectivity index (χ0n) is 25.3. The summed E-state index contributed by atoms with van der Waals surface area (Å²) in [6.07, 6.45) is 2.53. The number of hydrogen-bond acceptors (Lipinski definition) is 9. The molecule has 10 nitrogen and oxygen atoms in total. The second-order valence-electron chi connectivity index (χ2n) is 11.4. The molecule has 0 radical (unpaired) electrons.